The lowest BCUT2D eigenvalue weighted by atomic mass is 10.0. The lowest BCUT2D eigenvalue weighted by Gasteiger charge is -2.08. The van der Waals surface area contributed by atoms with Gasteiger partial charge in [-0.15, -0.1) is 11.3 Å². The molecule has 4 heteroatoms. The van der Waals surface area contributed by atoms with Crippen molar-refractivity contribution in [2.24, 2.45) is 0 Å². The van der Waals surface area contributed by atoms with Crippen LogP contribution >= 0.6 is 23.1 Å². The summed E-state index contributed by atoms with van der Waals surface area (Å²) in [6, 6.07) is 10.0. The van der Waals surface area contributed by atoms with Gasteiger partial charge < -0.3 is 0 Å². The molecule has 0 unspecified atom stereocenters. The molecule has 1 aromatic carbocycles. The number of aromatic nitrogens is 1. The standard InChI is InChI=1S/C17H13NOS2/c19-17(16-7-12-10-20-6-5-15(12)21-16)14-9-18-8-11-3-1-2-4-13(11)14/h1-4,7-9H,5-6,10H2. The van der Waals surface area contributed by atoms with E-state index in [1.54, 1.807) is 17.5 Å². The fourth-order valence-electron chi connectivity index (χ4n) is 2.69. The molecule has 0 amide bonds. The van der Waals surface area contributed by atoms with Gasteiger partial charge in [0.2, 0.25) is 5.78 Å². The SMILES string of the molecule is O=C(c1cc2c(s1)CCSC2)c1cncc2ccccc12. The molecule has 21 heavy (non-hydrogen) atoms. The van der Waals surface area contributed by atoms with Gasteiger partial charge in [-0.25, -0.2) is 0 Å². The first kappa shape index (κ1) is 13.0. The summed E-state index contributed by atoms with van der Waals surface area (Å²) in [6.07, 6.45) is 4.59. The van der Waals surface area contributed by atoms with Gasteiger partial charge in [0.05, 0.1) is 4.88 Å². The molecule has 0 saturated carbocycles. The number of thioether (sulfide) groups is 1. The Labute approximate surface area is 131 Å². The van der Waals surface area contributed by atoms with E-state index >= 15 is 0 Å². The first-order valence-electron chi connectivity index (χ1n) is 6.90. The minimum absolute atomic E-state index is 0.101. The summed E-state index contributed by atoms with van der Waals surface area (Å²) in [7, 11) is 0. The van der Waals surface area contributed by atoms with Crippen LogP contribution in [0.4, 0.5) is 0 Å². The molecule has 0 N–H and O–H groups in total. The Bertz CT molecular complexity index is 809. The summed E-state index contributed by atoms with van der Waals surface area (Å²) >= 11 is 3.60. The third-order valence-corrected chi connectivity index (χ3v) is 6.01. The van der Waals surface area contributed by atoms with Crippen LogP contribution in [0, 0.1) is 0 Å². The van der Waals surface area contributed by atoms with Crippen molar-refractivity contribution in [2.75, 3.05) is 5.75 Å². The van der Waals surface area contributed by atoms with Gasteiger partial charge in [-0.05, 0) is 29.2 Å². The summed E-state index contributed by atoms with van der Waals surface area (Å²) in [4.78, 5) is 19.3. The number of carbonyl (C=O) groups is 1. The van der Waals surface area contributed by atoms with Crippen molar-refractivity contribution in [2.45, 2.75) is 12.2 Å². The van der Waals surface area contributed by atoms with Crippen molar-refractivity contribution in [3.8, 4) is 0 Å². The molecule has 0 spiro atoms. The van der Waals surface area contributed by atoms with Crippen molar-refractivity contribution in [1.82, 2.24) is 4.98 Å². The normalized spacial score (nSPS) is 14.1. The van der Waals surface area contributed by atoms with E-state index in [1.165, 1.54) is 10.4 Å². The zero-order valence-electron chi connectivity index (χ0n) is 11.3. The molecule has 0 saturated heterocycles. The van der Waals surface area contributed by atoms with Crippen molar-refractivity contribution in [3.05, 3.63) is 63.6 Å². The van der Waals surface area contributed by atoms with E-state index < -0.39 is 0 Å². The van der Waals surface area contributed by atoms with Gasteiger partial charge in [0.25, 0.3) is 0 Å². The van der Waals surface area contributed by atoms with E-state index in [9.17, 15) is 4.79 Å². The van der Waals surface area contributed by atoms with Crippen LogP contribution in [0.2, 0.25) is 0 Å². The van der Waals surface area contributed by atoms with E-state index in [1.807, 2.05) is 42.2 Å². The molecule has 104 valence electrons. The van der Waals surface area contributed by atoms with Crippen LogP contribution in [0.3, 0.4) is 0 Å². The molecule has 1 aliphatic rings. The molecule has 2 aromatic heterocycles. The fourth-order valence-corrected chi connectivity index (χ4v) is 5.02. The highest BCUT2D eigenvalue weighted by atomic mass is 32.2. The van der Waals surface area contributed by atoms with Gasteiger partial charge >= 0.3 is 0 Å². The third-order valence-electron chi connectivity index (χ3n) is 3.76. The van der Waals surface area contributed by atoms with Crippen molar-refractivity contribution < 1.29 is 4.79 Å². The van der Waals surface area contributed by atoms with Gasteiger partial charge in [-0.1, -0.05) is 24.3 Å². The van der Waals surface area contributed by atoms with Crippen LogP contribution in [0.1, 0.15) is 25.7 Å². The molecule has 0 radical (unpaired) electrons. The molecule has 3 heterocycles. The van der Waals surface area contributed by atoms with Crippen LogP contribution in [-0.2, 0) is 12.2 Å². The molecule has 1 aliphatic heterocycles. The Morgan fingerprint density at radius 3 is 3.00 bits per heavy atom. The lowest BCUT2D eigenvalue weighted by molar-refractivity contribution is 0.104. The maximum absolute atomic E-state index is 12.8. The van der Waals surface area contributed by atoms with Crippen LogP contribution in [0.25, 0.3) is 10.8 Å². The van der Waals surface area contributed by atoms with E-state index in [2.05, 4.69) is 11.1 Å². The quantitative estimate of drug-likeness (QED) is 0.660. The number of aryl methyl sites for hydroxylation is 1. The van der Waals surface area contributed by atoms with Gasteiger partial charge in [-0.3, -0.25) is 9.78 Å². The molecule has 3 aromatic rings. The van der Waals surface area contributed by atoms with E-state index in [4.69, 9.17) is 0 Å². The topological polar surface area (TPSA) is 30.0 Å². The maximum atomic E-state index is 12.8. The highest BCUT2D eigenvalue weighted by molar-refractivity contribution is 7.98. The molecule has 0 aliphatic carbocycles. The average molecular weight is 311 g/mol. The number of hydrogen-bond acceptors (Lipinski definition) is 4. The van der Waals surface area contributed by atoms with Crippen molar-refractivity contribution in [1.29, 1.82) is 0 Å². The Kier molecular flexibility index (Phi) is 3.28. The Balaban J connectivity index is 1.81. The number of hydrogen-bond donors (Lipinski definition) is 0. The van der Waals surface area contributed by atoms with E-state index in [0.29, 0.717) is 5.56 Å². The lowest BCUT2D eigenvalue weighted by Crippen LogP contribution is -2.00. The fraction of sp³-hybridized carbons (Fsp3) is 0.176. The van der Waals surface area contributed by atoms with Gasteiger partial charge in [0, 0.05) is 34.0 Å². The van der Waals surface area contributed by atoms with Crippen LogP contribution in [-0.4, -0.2) is 16.5 Å². The number of fused-ring (bicyclic) bond motifs is 2. The predicted octanol–water partition coefficient (Wildman–Crippen LogP) is 4.32. The smallest absolute Gasteiger partial charge is 0.205 e. The minimum atomic E-state index is 0.101. The molecule has 4 rings (SSSR count). The predicted molar refractivity (Wildman–Crippen MR) is 89.4 cm³/mol. The number of pyridine rings is 1. The number of rotatable bonds is 2. The van der Waals surface area contributed by atoms with Crippen LogP contribution < -0.4 is 0 Å². The van der Waals surface area contributed by atoms with E-state index in [-0.39, 0.29) is 5.78 Å². The zero-order valence-corrected chi connectivity index (χ0v) is 13.0. The highest BCUT2D eigenvalue weighted by Crippen LogP contribution is 2.33. The van der Waals surface area contributed by atoms with Crippen LogP contribution in [0.5, 0.6) is 0 Å². The van der Waals surface area contributed by atoms with Gasteiger partial charge in [-0.2, -0.15) is 11.8 Å². The summed E-state index contributed by atoms with van der Waals surface area (Å²) < 4.78 is 0. The summed E-state index contributed by atoms with van der Waals surface area (Å²) in [5.74, 6) is 2.30. The Hall–Kier alpha value is -1.65. The highest BCUT2D eigenvalue weighted by Gasteiger charge is 2.20. The van der Waals surface area contributed by atoms with Gasteiger partial charge in [0.15, 0.2) is 0 Å². The molecule has 0 atom stereocenters. The van der Waals surface area contributed by atoms with Crippen LogP contribution in [0.15, 0.2) is 42.7 Å². The summed E-state index contributed by atoms with van der Waals surface area (Å²) in [6.45, 7) is 0. The third kappa shape index (κ3) is 2.28. The second kappa shape index (κ2) is 5.28. The first-order valence-corrected chi connectivity index (χ1v) is 8.87. The molecule has 2 nitrogen and oxygen atoms in total. The Morgan fingerprint density at radius 1 is 1.19 bits per heavy atom. The maximum Gasteiger partial charge on any atom is 0.205 e. The average Bonchev–Trinajstić information content (AvgIpc) is 2.97. The summed E-state index contributed by atoms with van der Waals surface area (Å²) in [5.41, 5.74) is 2.05. The van der Waals surface area contributed by atoms with Gasteiger partial charge in [0.1, 0.15) is 0 Å². The molecular formula is C17H13NOS2. The first-order chi connectivity index (χ1) is 10.3. The molecule has 0 fully saturated rings. The number of thiophene rings is 1. The van der Waals surface area contributed by atoms with Crippen molar-refractivity contribution in [3.63, 3.8) is 0 Å². The van der Waals surface area contributed by atoms with Crippen molar-refractivity contribution >= 4 is 39.7 Å². The summed E-state index contributed by atoms with van der Waals surface area (Å²) in [5, 5.41) is 2.00. The number of carbonyl (C=O) groups excluding carboxylic acids is 1. The number of nitrogens with zero attached hydrogens (tertiary/aromatic N) is 1. The van der Waals surface area contributed by atoms with E-state index in [0.717, 1.165) is 33.6 Å². The number of benzene rings is 1. The monoisotopic (exact) mass is 311 g/mol. The number of ketones is 1. The second-order valence-electron chi connectivity index (χ2n) is 5.10. The Morgan fingerprint density at radius 2 is 2.10 bits per heavy atom. The molecular weight excluding hydrogens is 298 g/mol. The largest absolute Gasteiger partial charge is 0.288 e. The second-order valence-corrected chi connectivity index (χ2v) is 7.34. The minimum Gasteiger partial charge on any atom is -0.288 e. The zero-order chi connectivity index (χ0) is 14.2. The molecule has 0 bridgehead atoms.